The highest BCUT2D eigenvalue weighted by Gasteiger charge is 2.17. The largest absolute Gasteiger partial charge is 0.483 e. The molecule has 0 radical (unpaired) electrons. The summed E-state index contributed by atoms with van der Waals surface area (Å²) in [5, 5.41) is 3.73. The number of anilines is 1. The lowest BCUT2D eigenvalue weighted by Gasteiger charge is -2.15. The summed E-state index contributed by atoms with van der Waals surface area (Å²) in [4.78, 5) is 13.5. The van der Waals surface area contributed by atoms with E-state index in [0.717, 1.165) is 11.6 Å². The van der Waals surface area contributed by atoms with E-state index in [-0.39, 0.29) is 6.61 Å². The van der Waals surface area contributed by atoms with Crippen molar-refractivity contribution >= 4 is 16.7 Å². The predicted molar refractivity (Wildman–Crippen MR) is 121 cm³/mol. The van der Waals surface area contributed by atoms with E-state index in [2.05, 4.69) is 15.3 Å². The van der Waals surface area contributed by atoms with Crippen molar-refractivity contribution in [2.24, 2.45) is 0 Å². The van der Waals surface area contributed by atoms with E-state index in [4.69, 9.17) is 14.1 Å². The molecule has 0 bridgehead atoms. The summed E-state index contributed by atoms with van der Waals surface area (Å²) in [6.45, 7) is 0.157. The molecule has 0 saturated heterocycles. The zero-order valence-electron chi connectivity index (χ0n) is 17.5. The molecule has 0 aliphatic heterocycles. The van der Waals surface area contributed by atoms with Crippen molar-refractivity contribution < 1.29 is 17.9 Å². The van der Waals surface area contributed by atoms with E-state index in [9.17, 15) is 8.78 Å². The van der Waals surface area contributed by atoms with E-state index in [1.807, 2.05) is 6.07 Å². The highest BCUT2D eigenvalue weighted by Crippen LogP contribution is 2.36. The van der Waals surface area contributed by atoms with Gasteiger partial charge in [0.1, 0.15) is 41.1 Å². The SMILES string of the molecule is CNc1nc(-c2cccnc2)nc2c(OCc3ccco3)cc(-c3cc(F)cc(F)c3)cc12. The summed E-state index contributed by atoms with van der Waals surface area (Å²) in [5.74, 6) is 0.724. The number of aromatic nitrogens is 3. The second-order valence-electron chi connectivity index (χ2n) is 7.28. The quantitative estimate of drug-likeness (QED) is 0.354. The van der Waals surface area contributed by atoms with Gasteiger partial charge in [0.05, 0.1) is 6.26 Å². The topological polar surface area (TPSA) is 73.1 Å². The van der Waals surface area contributed by atoms with Crippen LogP contribution in [0.4, 0.5) is 14.6 Å². The second-order valence-corrected chi connectivity index (χ2v) is 7.28. The Balaban J connectivity index is 1.72. The Morgan fingerprint density at radius 3 is 2.45 bits per heavy atom. The molecule has 0 unspecified atom stereocenters. The fraction of sp³-hybridized carbons (Fsp3) is 0.0800. The molecule has 8 heteroatoms. The molecule has 0 aliphatic carbocycles. The third-order valence-electron chi connectivity index (χ3n) is 5.07. The molecular formula is C25H18F2N4O2. The maximum atomic E-state index is 13.9. The molecule has 0 saturated carbocycles. The molecule has 0 aliphatic rings. The number of fused-ring (bicyclic) bond motifs is 1. The van der Waals surface area contributed by atoms with E-state index in [0.29, 0.717) is 45.2 Å². The summed E-state index contributed by atoms with van der Waals surface area (Å²) in [7, 11) is 1.74. The molecule has 0 amide bonds. The van der Waals surface area contributed by atoms with Gasteiger partial charge in [0.2, 0.25) is 0 Å². The highest BCUT2D eigenvalue weighted by molar-refractivity contribution is 5.97. The summed E-state index contributed by atoms with van der Waals surface area (Å²) < 4.78 is 39.3. The number of benzene rings is 2. The first-order valence-corrected chi connectivity index (χ1v) is 10.2. The first-order chi connectivity index (χ1) is 16.1. The minimum absolute atomic E-state index is 0.157. The molecule has 5 rings (SSSR count). The summed E-state index contributed by atoms with van der Waals surface area (Å²) >= 11 is 0. The van der Waals surface area contributed by atoms with Crippen LogP contribution in [0.15, 0.2) is 77.7 Å². The molecule has 6 nitrogen and oxygen atoms in total. The molecule has 5 aromatic rings. The molecular weight excluding hydrogens is 426 g/mol. The Labute approximate surface area is 187 Å². The van der Waals surface area contributed by atoms with Crippen molar-refractivity contribution in [1.82, 2.24) is 15.0 Å². The maximum absolute atomic E-state index is 13.9. The third kappa shape index (κ3) is 4.23. The first-order valence-electron chi connectivity index (χ1n) is 10.2. The van der Waals surface area contributed by atoms with E-state index < -0.39 is 11.6 Å². The Bertz CT molecular complexity index is 1400. The number of furan rings is 1. The normalized spacial score (nSPS) is 11.0. The van der Waals surface area contributed by atoms with Crippen LogP contribution in [0.2, 0.25) is 0 Å². The van der Waals surface area contributed by atoms with E-state index in [1.165, 1.54) is 12.1 Å². The number of hydrogen-bond donors (Lipinski definition) is 1. The number of nitrogens with one attached hydrogen (secondary N) is 1. The molecule has 3 aromatic heterocycles. The molecule has 0 spiro atoms. The van der Waals surface area contributed by atoms with Gasteiger partial charge in [-0.25, -0.2) is 18.7 Å². The molecule has 2 aromatic carbocycles. The number of rotatable bonds is 6. The number of nitrogens with zero attached hydrogens (tertiary/aromatic N) is 3. The predicted octanol–water partition coefficient (Wildman–Crippen LogP) is 5.85. The van der Waals surface area contributed by atoms with E-state index >= 15 is 0 Å². The second kappa shape index (κ2) is 8.66. The van der Waals surface area contributed by atoms with Crippen molar-refractivity contribution in [3.05, 3.63) is 90.6 Å². The van der Waals surface area contributed by atoms with Crippen LogP contribution in [0, 0.1) is 11.6 Å². The van der Waals surface area contributed by atoms with Gasteiger partial charge in [-0.3, -0.25) is 4.98 Å². The summed E-state index contributed by atoms with van der Waals surface area (Å²) in [6.07, 6.45) is 4.91. The van der Waals surface area contributed by atoms with Crippen LogP contribution in [0.5, 0.6) is 5.75 Å². The number of halogens is 2. The Morgan fingerprint density at radius 2 is 1.76 bits per heavy atom. The maximum Gasteiger partial charge on any atom is 0.163 e. The van der Waals surface area contributed by atoms with Gasteiger partial charge >= 0.3 is 0 Å². The fourth-order valence-electron chi connectivity index (χ4n) is 3.56. The fourth-order valence-corrected chi connectivity index (χ4v) is 3.56. The smallest absolute Gasteiger partial charge is 0.163 e. The van der Waals surface area contributed by atoms with Crippen molar-refractivity contribution in [3.63, 3.8) is 0 Å². The Hall–Kier alpha value is -4.33. The summed E-state index contributed by atoms with van der Waals surface area (Å²) in [6, 6.07) is 14.1. The Morgan fingerprint density at radius 1 is 0.939 bits per heavy atom. The third-order valence-corrected chi connectivity index (χ3v) is 5.07. The zero-order valence-corrected chi connectivity index (χ0v) is 17.5. The van der Waals surface area contributed by atoms with Gasteiger partial charge in [0.25, 0.3) is 0 Å². The Kier molecular flexibility index (Phi) is 5.40. The van der Waals surface area contributed by atoms with Crippen molar-refractivity contribution in [2.45, 2.75) is 6.61 Å². The van der Waals surface area contributed by atoms with Crippen molar-refractivity contribution in [1.29, 1.82) is 0 Å². The van der Waals surface area contributed by atoms with Crippen LogP contribution in [0.1, 0.15) is 5.76 Å². The highest BCUT2D eigenvalue weighted by atomic mass is 19.1. The average molecular weight is 444 g/mol. The van der Waals surface area contributed by atoms with Gasteiger partial charge in [-0.15, -0.1) is 0 Å². The van der Waals surface area contributed by atoms with Gasteiger partial charge < -0.3 is 14.5 Å². The molecule has 164 valence electrons. The van der Waals surface area contributed by atoms with Gasteiger partial charge in [-0.05, 0) is 59.7 Å². The number of pyridine rings is 1. The zero-order chi connectivity index (χ0) is 22.8. The van der Waals surface area contributed by atoms with Gasteiger partial charge in [0, 0.05) is 36.5 Å². The van der Waals surface area contributed by atoms with Gasteiger partial charge in [0.15, 0.2) is 5.82 Å². The van der Waals surface area contributed by atoms with Crippen LogP contribution in [0.3, 0.4) is 0 Å². The first kappa shape index (κ1) is 20.6. The number of hydrogen-bond acceptors (Lipinski definition) is 6. The lowest BCUT2D eigenvalue weighted by Crippen LogP contribution is -2.02. The van der Waals surface area contributed by atoms with Gasteiger partial charge in [-0.1, -0.05) is 0 Å². The standard InChI is InChI=1S/C25H18F2N4O2/c1-28-25-21-10-17(16-8-18(26)12-19(27)9-16)11-22(33-14-20-5-3-7-32-20)23(21)30-24(31-25)15-4-2-6-29-13-15/h2-13H,14H2,1H3,(H,28,30,31). The van der Waals surface area contributed by atoms with Crippen LogP contribution in [-0.2, 0) is 6.61 Å². The van der Waals surface area contributed by atoms with Crippen molar-refractivity contribution in [3.8, 4) is 28.3 Å². The molecule has 0 atom stereocenters. The molecule has 0 fully saturated rings. The van der Waals surface area contributed by atoms with Crippen LogP contribution < -0.4 is 10.1 Å². The lowest BCUT2D eigenvalue weighted by molar-refractivity contribution is 0.273. The van der Waals surface area contributed by atoms with Gasteiger partial charge in [-0.2, -0.15) is 0 Å². The van der Waals surface area contributed by atoms with Crippen LogP contribution in [0.25, 0.3) is 33.4 Å². The minimum atomic E-state index is -0.667. The van der Waals surface area contributed by atoms with Crippen LogP contribution >= 0.6 is 0 Å². The summed E-state index contributed by atoms with van der Waals surface area (Å²) in [5.41, 5.74) is 2.21. The monoisotopic (exact) mass is 444 g/mol. The minimum Gasteiger partial charge on any atom is -0.483 e. The van der Waals surface area contributed by atoms with Crippen LogP contribution in [-0.4, -0.2) is 22.0 Å². The molecule has 1 N–H and O–H groups in total. The molecule has 3 heterocycles. The lowest BCUT2D eigenvalue weighted by atomic mass is 10.0. The number of ether oxygens (including phenoxy) is 1. The van der Waals surface area contributed by atoms with E-state index in [1.54, 1.807) is 56.0 Å². The average Bonchev–Trinajstić information content (AvgIpc) is 3.35. The van der Waals surface area contributed by atoms with Crippen molar-refractivity contribution in [2.75, 3.05) is 12.4 Å². The molecule has 33 heavy (non-hydrogen) atoms.